The van der Waals surface area contributed by atoms with Crippen LogP contribution in [-0.4, -0.2) is 16.5 Å². The highest BCUT2D eigenvalue weighted by atomic mass is 16.3. The molecule has 0 spiro atoms. The highest BCUT2D eigenvalue weighted by Crippen LogP contribution is 2.22. The minimum atomic E-state index is 0.779. The molecule has 4 nitrogen and oxygen atoms in total. The highest BCUT2D eigenvalue weighted by molar-refractivity contribution is 5.65. The van der Waals surface area contributed by atoms with Crippen LogP contribution in [0.3, 0.4) is 0 Å². The molecule has 0 saturated heterocycles. The lowest BCUT2D eigenvalue weighted by Gasteiger charge is -2.28. The first kappa shape index (κ1) is 13.8. The average molecular weight is 303 g/mol. The number of hydrogen-bond donors (Lipinski definition) is 0. The van der Waals surface area contributed by atoms with Crippen LogP contribution in [0.15, 0.2) is 59.3 Å². The fraction of sp³-hybridized carbons (Fsp3) is 0.158. The van der Waals surface area contributed by atoms with Gasteiger partial charge in [0.15, 0.2) is 0 Å². The van der Waals surface area contributed by atoms with Gasteiger partial charge in [0.2, 0.25) is 5.95 Å². The molecule has 4 rings (SSSR count). The molecule has 0 amide bonds. The Hall–Kier alpha value is -2.88. The molecule has 1 aliphatic heterocycles. The minimum Gasteiger partial charge on any atom is -0.465 e. The lowest BCUT2D eigenvalue weighted by molar-refractivity contribution is 0.557. The van der Waals surface area contributed by atoms with Gasteiger partial charge < -0.3 is 9.32 Å². The molecule has 0 radical (unpaired) electrons. The first-order valence-electron chi connectivity index (χ1n) is 7.75. The summed E-state index contributed by atoms with van der Waals surface area (Å²) in [6, 6.07) is 14.3. The fourth-order valence-corrected chi connectivity index (χ4v) is 2.83. The van der Waals surface area contributed by atoms with E-state index in [4.69, 9.17) is 4.42 Å². The summed E-state index contributed by atoms with van der Waals surface area (Å²) in [6.45, 7) is 1.81. The van der Waals surface area contributed by atoms with Crippen LogP contribution >= 0.6 is 0 Å². The largest absolute Gasteiger partial charge is 0.465 e. The van der Waals surface area contributed by atoms with E-state index in [9.17, 15) is 0 Å². The Balaban J connectivity index is 1.55. The van der Waals surface area contributed by atoms with Crippen molar-refractivity contribution in [1.29, 1.82) is 0 Å². The molecule has 2 aromatic heterocycles. The second-order valence-electron chi connectivity index (χ2n) is 5.57. The monoisotopic (exact) mass is 303 g/mol. The van der Waals surface area contributed by atoms with Gasteiger partial charge in [-0.05, 0) is 47.9 Å². The zero-order valence-corrected chi connectivity index (χ0v) is 12.7. The van der Waals surface area contributed by atoms with E-state index < -0.39 is 0 Å². The van der Waals surface area contributed by atoms with Crippen LogP contribution in [0.2, 0.25) is 0 Å². The third-order valence-electron chi connectivity index (χ3n) is 4.04. The molecule has 0 atom stereocenters. The van der Waals surface area contributed by atoms with Gasteiger partial charge in [-0.3, -0.25) is 0 Å². The molecule has 0 fully saturated rings. The van der Waals surface area contributed by atoms with Crippen LogP contribution in [0.25, 0.3) is 12.2 Å². The number of aromatic nitrogens is 2. The van der Waals surface area contributed by atoms with Gasteiger partial charge >= 0.3 is 0 Å². The molecule has 0 aliphatic carbocycles. The summed E-state index contributed by atoms with van der Waals surface area (Å²) < 4.78 is 5.30. The number of anilines is 1. The standard InChI is InChI=1S/C19H17N3O/c1-2-5-16-14-22(12-10-15(16)4-1)19-20-11-9-17(21-19)7-8-18-6-3-13-23-18/h1-9,11,13H,10,12,14H2/b8-7+. The Morgan fingerprint density at radius 2 is 1.91 bits per heavy atom. The van der Waals surface area contributed by atoms with E-state index in [0.29, 0.717) is 0 Å². The van der Waals surface area contributed by atoms with E-state index in [2.05, 4.69) is 39.1 Å². The Bertz CT molecular complexity index is 824. The first-order valence-corrected chi connectivity index (χ1v) is 7.75. The van der Waals surface area contributed by atoms with Crippen LogP contribution in [0.1, 0.15) is 22.6 Å². The first-order chi connectivity index (χ1) is 11.4. The summed E-state index contributed by atoms with van der Waals surface area (Å²) in [5.41, 5.74) is 3.67. The summed E-state index contributed by atoms with van der Waals surface area (Å²) in [5.74, 6) is 1.60. The molecule has 0 N–H and O–H groups in total. The lowest BCUT2D eigenvalue weighted by atomic mass is 10.0. The van der Waals surface area contributed by atoms with Gasteiger partial charge in [-0.15, -0.1) is 0 Å². The second-order valence-corrected chi connectivity index (χ2v) is 5.57. The molecule has 23 heavy (non-hydrogen) atoms. The quantitative estimate of drug-likeness (QED) is 0.738. The predicted molar refractivity (Wildman–Crippen MR) is 90.9 cm³/mol. The minimum absolute atomic E-state index is 0.779. The van der Waals surface area contributed by atoms with Gasteiger partial charge in [-0.25, -0.2) is 9.97 Å². The number of fused-ring (bicyclic) bond motifs is 1. The van der Waals surface area contributed by atoms with Crippen molar-refractivity contribution in [1.82, 2.24) is 9.97 Å². The maximum absolute atomic E-state index is 5.30. The van der Waals surface area contributed by atoms with E-state index in [1.54, 1.807) is 6.26 Å². The number of hydrogen-bond acceptors (Lipinski definition) is 4. The molecule has 0 bridgehead atoms. The van der Waals surface area contributed by atoms with Crippen LogP contribution < -0.4 is 4.90 Å². The third-order valence-corrected chi connectivity index (χ3v) is 4.04. The topological polar surface area (TPSA) is 42.2 Å². The van der Waals surface area contributed by atoms with Gasteiger partial charge in [-0.1, -0.05) is 24.3 Å². The Morgan fingerprint density at radius 3 is 2.78 bits per heavy atom. The number of benzene rings is 1. The van der Waals surface area contributed by atoms with E-state index >= 15 is 0 Å². The van der Waals surface area contributed by atoms with E-state index in [1.807, 2.05) is 36.5 Å². The van der Waals surface area contributed by atoms with Crippen molar-refractivity contribution in [2.45, 2.75) is 13.0 Å². The molecule has 1 aliphatic rings. The zero-order chi connectivity index (χ0) is 15.5. The maximum Gasteiger partial charge on any atom is 0.226 e. The van der Waals surface area contributed by atoms with Gasteiger partial charge in [-0.2, -0.15) is 0 Å². The Labute approximate surface area is 135 Å². The van der Waals surface area contributed by atoms with Crippen molar-refractivity contribution in [3.8, 4) is 0 Å². The average Bonchev–Trinajstić information content (AvgIpc) is 3.13. The molecule has 4 heteroatoms. The summed E-state index contributed by atoms with van der Waals surface area (Å²) in [6.07, 6.45) is 8.37. The van der Waals surface area contributed by atoms with E-state index in [-0.39, 0.29) is 0 Å². The van der Waals surface area contributed by atoms with E-state index in [1.165, 1.54) is 11.1 Å². The predicted octanol–water partition coefficient (Wildman–Crippen LogP) is 3.80. The highest BCUT2D eigenvalue weighted by Gasteiger charge is 2.17. The third kappa shape index (κ3) is 3.01. The molecule has 1 aromatic carbocycles. The van der Waals surface area contributed by atoms with Gasteiger partial charge in [0.25, 0.3) is 0 Å². The molecule has 0 saturated carbocycles. The zero-order valence-electron chi connectivity index (χ0n) is 12.7. The van der Waals surface area contributed by atoms with Crippen molar-refractivity contribution >= 4 is 18.1 Å². The number of nitrogens with zero attached hydrogens (tertiary/aromatic N) is 3. The van der Waals surface area contributed by atoms with Crippen molar-refractivity contribution < 1.29 is 4.42 Å². The Kier molecular flexibility index (Phi) is 3.64. The van der Waals surface area contributed by atoms with Crippen LogP contribution in [0.4, 0.5) is 5.95 Å². The second kappa shape index (κ2) is 6.08. The van der Waals surface area contributed by atoms with Crippen LogP contribution in [-0.2, 0) is 13.0 Å². The molecule has 3 heterocycles. The normalized spacial score (nSPS) is 14.2. The fourth-order valence-electron chi connectivity index (χ4n) is 2.83. The number of rotatable bonds is 3. The van der Waals surface area contributed by atoms with Crippen molar-refractivity contribution in [2.75, 3.05) is 11.4 Å². The van der Waals surface area contributed by atoms with Crippen molar-refractivity contribution in [2.24, 2.45) is 0 Å². The van der Waals surface area contributed by atoms with Crippen molar-refractivity contribution in [3.05, 3.63) is 77.5 Å². The number of furan rings is 1. The van der Waals surface area contributed by atoms with Crippen LogP contribution in [0, 0.1) is 0 Å². The van der Waals surface area contributed by atoms with Crippen molar-refractivity contribution in [3.63, 3.8) is 0 Å². The Morgan fingerprint density at radius 1 is 1.00 bits per heavy atom. The van der Waals surface area contributed by atoms with Gasteiger partial charge in [0.1, 0.15) is 5.76 Å². The molecule has 114 valence electrons. The summed E-state index contributed by atoms with van der Waals surface area (Å²) in [4.78, 5) is 11.3. The van der Waals surface area contributed by atoms with E-state index in [0.717, 1.165) is 36.9 Å². The molecular weight excluding hydrogens is 286 g/mol. The van der Waals surface area contributed by atoms with Gasteiger partial charge in [0.05, 0.1) is 12.0 Å². The SMILES string of the molecule is C(=C\c1ccco1)/c1ccnc(N2CCc3ccccc3C2)n1. The lowest BCUT2D eigenvalue weighted by Crippen LogP contribution is -2.31. The van der Waals surface area contributed by atoms with Gasteiger partial charge in [0, 0.05) is 19.3 Å². The molecular formula is C19H17N3O. The summed E-state index contributed by atoms with van der Waals surface area (Å²) in [5, 5.41) is 0. The molecule has 3 aromatic rings. The molecule has 0 unspecified atom stereocenters. The maximum atomic E-state index is 5.30. The smallest absolute Gasteiger partial charge is 0.226 e. The summed E-state index contributed by atoms with van der Waals surface area (Å²) >= 11 is 0. The summed E-state index contributed by atoms with van der Waals surface area (Å²) in [7, 11) is 0. The van der Waals surface area contributed by atoms with Crippen LogP contribution in [0.5, 0.6) is 0 Å².